The number of aliphatic hydroxyl groups excluding tert-OH is 1. The summed E-state index contributed by atoms with van der Waals surface area (Å²) in [5, 5.41) is 11.7. The first-order valence-electron chi connectivity index (χ1n) is 7.93. The molecular weight excluding hydrogens is 432 g/mol. The minimum absolute atomic E-state index is 0.0895. The van der Waals surface area contributed by atoms with Crippen molar-refractivity contribution in [2.75, 3.05) is 25.0 Å². The number of rotatable bonds is 7. The van der Waals surface area contributed by atoms with Crippen LogP contribution >= 0.6 is 15.9 Å². The van der Waals surface area contributed by atoms with E-state index in [-0.39, 0.29) is 31.9 Å². The number of alkyl halides is 3. The van der Waals surface area contributed by atoms with Gasteiger partial charge < -0.3 is 10.4 Å². The Morgan fingerprint density at radius 2 is 1.81 bits per heavy atom. The van der Waals surface area contributed by atoms with Gasteiger partial charge in [0, 0.05) is 28.8 Å². The van der Waals surface area contributed by atoms with Gasteiger partial charge in [-0.3, -0.25) is 9.69 Å². The molecule has 0 radical (unpaired) electrons. The van der Waals surface area contributed by atoms with Gasteiger partial charge in [0.1, 0.15) is 5.82 Å². The van der Waals surface area contributed by atoms with Gasteiger partial charge in [-0.05, 0) is 42.5 Å². The summed E-state index contributed by atoms with van der Waals surface area (Å²) in [6.45, 7) is -0.171. The molecule has 0 fully saturated rings. The van der Waals surface area contributed by atoms with E-state index in [9.17, 15) is 22.4 Å². The number of hydrogen-bond donors (Lipinski definition) is 2. The fourth-order valence-electron chi connectivity index (χ4n) is 2.41. The number of halogens is 5. The van der Waals surface area contributed by atoms with Crippen molar-refractivity contribution in [2.24, 2.45) is 0 Å². The summed E-state index contributed by atoms with van der Waals surface area (Å²) < 4.78 is 52.2. The molecule has 2 aromatic rings. The summed E-state index contributed by atoms with van der Waals surface area (Å²) >= 11 is 3.25. The molecule has 0 aliphatic carbocycles. The summed E-state index contributed by atoms with van der Waals surface area (Å²) in [5.41, 5.74) is -0.252. The van der Waals surface area contributed by atoms with E-state index in [2.05, 4.69) is 21.2 Å². The average Bonchev–Trinajstić information content (AvgIpc) is 2.58. The molecule has 0 aliphatic rings. The number of hydrogen-bond acceptors (Lipinski definition) is 3. The number of carbonyl (C=O) groups excluding carboxylic acids is 1. The number of nitrogens with zero attached hydrogens (tertiary/aromatic N) is 1. The standard InChI is InChI=1S/C18H17BrF4N2O2/c19-14-3-6-16(20)12(9-14)10-25(7-8-26)11-17(27)24-15-4-1-13(2-5-15)18(21,22)23/h1-6,9,26H,7-8,10-11H2,(H,24,27). The second kappa shape index (κ2) is 9.29. The molecule has 0 unspecified atom stereocenters. The Balaban J connectivity index is 2.01. The third-order valence-corrected chi connectivity index (χ3v) is 4.17. The van der Waals surface area contributed by atoms with Gasteiger partial charge >= 0.3 is 6.18 Å². The van der Waals surface area contributed by atoms with Gasteiger partial charge in [-0.2, -0.15) is 13.2 Å². The lowest BCUT2D eigenvalue weighted by atomic mass is 10.2. The van der Waals surface area contributed by atoms with E-state index < -0.39 is 23.5 Å². The minimum Gasteiger partial charge on any atom is -0.395 e. The van der Waals surface area contributed by atoms with Crippen LogP contribution in [-0.2, 0) is 17.5 Å². The van der Waals surface area contributed by atoms with Gasteiger partial charge in [0.05, 0.1) is 18.7 Å². The lowest BCUT2D eigenvalue weighted by Gasteiger charge is -2.21. The molecule has 0 atom stereocenters. The first kappa shape index (κ1) is 21.3. The molecular formula is C18H17BrF4N2O2. The molecule has 2 N–H and O–H groups in total. The van der Waals surface area contributed by atoms with Crippen LogP contribution in [0.2, 0.25) is 0 Å². The Kier molecular flexibility index (Phi) is 7.34. The maximum atomic E-state index is 13.9. The van der Waals surface area contributed by atoms with Crippen molar-refractivity contribution in [1.82, 2.24) is 4.90 Å². The van der Waals surface area contributed by atoms with E-state index in [1.54, 1.807) is 12.1 Å². The monoisotopic (exact) mass is 448 g/mol. The van der Waals surface area contributed by atoms with Crippen LogP contribution in [0.1, 0.15) is 11.1 Å². The van der Waals surface area contributed by atoms with Crippen molar-refractivity contribution in [3.8, 4) is 0 Å². The van der Waals surface area contributed by atoms with Crippen LogP contribution in [-0.4, -0.2) is 35.6 Å². The third-order valence-electron chi connectivity index (χ3n) is 3.68. The first-order chi connectivity index (χ1) is 12.7. The highest BCUT2D eigenvalue weighted by atomic mass is 79.9. The highest BCUT2D eigenvalue weighted by molar-refractivity contribution is 9.10. The summed E-state index contributed by atoms with van der Waals surface area (Å²) in [6, 6.07) is 8.48. The quantitative estimate of drug-likeness (QED) is 0.628. The van der Waals surface area contributed by atoms with E-state index >= 15 is 0 Å². The van der Waals surface area contributed by atoms with Crippen LogP contribution in [0.15, 0.2) is 46.9 Å². The summed E-state index contributed by atoms with van der Waals surface area (Å²) in [7, 11) is 0. The molecule has 4 nitrogen and oxygen atoms in total. The van der Waals surface area contributed by atoms with E-state index in [4.69, 9.17) is 5.11 Å². The molecule has 0 heterocycles. The second-order valence-corrected chi connectivity index (χ2v) is 6.71. The molecule has 146 valence electrons. The molecule has 1 amide bonds. The van der Waals surface area contributed by atoms with Gasteiger partial charge in [-0.25, -0.2) is 4.39 Å². The van der Waals surface area contributed by atoms with Crippen LogP contribution in [0.3, 0.4) is 0 Å². The van der Waals surface area contributed by atoms with Gasteiger partial charge in [0.15, 0.2) is 0 Å². The zero-order valence-electron chi connectivity index (χ0n) is 14.1. The van der Waals surface area contributed by atoms with E-state index in [1.165, 1.54) is 11.0 Å². The molecule has 0 bridgehead atoms. The van der Waals surface area contributed by atoms with Crippen LogP contribution < -0.4 is 5.32 Å². The van der Waals surface area contributed by atoms with E-state index in [1.807, 2.05) is 0 Å². The largest absolute Gasteiger partial charge is 0.416 e. The van der Waals surface area contributed by atoms with Gasteiger partial charge in [0.25, 0.3) is 0 Å². The van der Waals surface area contributed by atoms with Crippen molar-refractivity contribution in [3.05, 3.63) is 63.9 Å². The highest BCUT2D eigenvalue weighted by Gasteiger charge is 2.30. The topological polar surface area (TPSA) is 52.6 Å². The van der Waals surface area contributed by atoms with Crippen LogP contribution in [0.4, 0.5) is 23.2 Å². The normalized spacial score (nSPS) is 11.7. The number of benzene rings is 2. The van der Waals surface area contributed by atoms with Crippen molar-refractivity contribution in [1.29, 1.82) is 0 Å². The maximum Gasteiger partial charge on any atom is 0.416 e. The number of anilines is 1. The number of amides is 1. The zero-order valence-corrected chi connectivity index (χ0v) is 15.6. The van der Waals surface area contributed by atoms with Gasteiger partial charge in [-0.15, -0.1) is 0 Å². The maximum absolute atomic E-state index is 13.9. The molecule has 0 saturated carbocycles. The van der Waals surface area contributed by atoms with Crippen molar-refractivity contribution >= 4 is 27.5 Å². The summed E-state index contributed by atoms with van der Waals surface area (Å²) in [5.74, 6) is -0.928. The first-order valence-corrected chi connectivity index (χ1v) is 8.72. The van der Waals surface area contributed by atoms with E-state index in [0.717, 1.165) is 24.3 Å². The second-order valence-electron chi connectivity index (χ2n) is 5.79. The Morgan fingerprint density at radius 3 is 2.41 bits per heavy atom. The Labute approximate surface area is 161 Å². The van der Waals surface area contributed by atoms with Gasteiger partial charge in [0.2, 0.25) is 5.91 Å². The van der Waals surface area contributed by atoms with Crippen molar-refractivity contribution in [2.45, 2.75) is 12.7 Å². The summed E-state index contributed by atoms with van der Waals surface area (Å²) in [6.07, 6.45) is -4.45. The van der Waals surface area contributed by atoms with Crippen molar-refractivity contribution < 1.29 is 27.5 Å². The minimum atomic E-state index is -4.45. The zero-order chi connectivity index (χ0) is 20.0. The molecule has 27 heavy (non-hydrogen) atoms. The molecule has 0 saturated heterocycles. The van der Waals surface area contributed by atoms with Crippen LogP contribution in [0.25, 0.3) is 0 Å². The molecule has 2 aromatic carbocycles. The Morgan fingerprint density at radius 1 is 1.15 bits per heavy atom. The molecule has 0 aliphatic heterocycles. The molecule has 0 aromatic heterocycles. The van der Waals surface area contributed by atoms with E-state index in [0.29, 0.717) is 10.0 Å². The number of carbonyl (C=O) groups is 1. The fourth-order valence-corrected chi connectivity index (χ4v) is 2.82. The van der Waals surface area contributed by atoms with Crippen LogP contribution in [0, 0.1) is 5.82 Å². The predicted octanol–water partition coefficient (Wildman–Crippen LogP) is 4.04. The summed E-state index contributed by atoms with van der Waals surface area (Å²) in [4.78, 5) is 13.7. The molecule has 9 heteroatoms. The Hall–Kier alpha value is -1.97. The lowest BCUT2D eigenvalue weighted by Crippen LogP contribution is -2.35. The lowest BCUT2D eigenvalue weighted by molar-refractivity contribution is -0.137. The molecule has 0 spiro atoms. The smallest absolute Gasteiger partial charge is 0.395 e. The molecule has 2 rings (SSSR count). The number of aliphatic hydroxyl groups is 1. The highest BCUT2D eigenvalue weighted by Crippen LogP contribution is 2.29. The van der Waals surface area contributed by atoms with Crippen molar-refractivity contribution in [3.63, 3.8) is 0 Å². The number of nitrogens with one attached hydrogen (secondary N) is 1. The Bertz CT molecular complexity index is 782. The van der Waals surface area contributed by atoms with Gasteiger partial charge in [-0.1, -0.05) is 15.9 Å². The average molecular weight is 449 g/mol. The van der Waals surface area contributed by atoms with Crippen LogP contribution in [0.5, 0.6) is 0 Å². The predicted molar refractivity (Wildman–Crippen MR) is 96.5 cm³/mol. The SMILES string of the molecule is O=C(CN(CCO)Cc1cc(Br)ccc1F)Nc1ccc(C(F)(F)F)cc1. The third kappa shape index (κ3) is 6.60. The fraction of sp³-hybridized carbons (Fsp3) is 0.278.